The van der Waals surface area contributed by atoms with Gasteiger partial charge in [0.15, 0.2) is 10.8 Å². The number of fused-ring (bicyclic) bond motifs is 1. The lowest BCUT2D eigenvalue weighted by Gasteiger charge is -1.91. The minimum absolute atomic E-state index is 0.686. The molecule has 0 bridgehead atoms. The molecule has 4 aromatic heterocycles. The summed E-state index contributed by atoms with van der Waals surface area (Å²) in [6.45, 7) is 1.92. The van der Waals surface area contributed by atoms with Gasteiger partial charge in [-0.25, -0.2) is 0 Å². The first-order valence-electron chi connectivity index (χ1n) is 5.73. The molecule has 0 aliphatic heterocycles. The highest BCUT2D eigenvalue weighted by atomic mass is 32.1. The molecule has 4 aromatic rings. The van der Waals surface area contributed by atoms with Gasteiger partial charge < -0.3 is 0 Å². The lowest BCUT2D eigenvalue weighted by atomic mass is 10.3. The Morgan fingerprint density at radius 2 is 2.10 bits per heavy atom. The van der Waals surface area contributed by atoms with E-state index in [0.29, 0.717) is 5.82 Å². The molecule has 10 heteroatoms. The third kappa shape index (κ3) is 1.65. The van der Waals surface area contributed by atoms with Crippen molar-refractivity contribution in [1.29, 1.82) is 0 Å². The Kier molecular flexibility index (Phi) is 2.41. The number of aryl methyl sites for hydroxylation is 2. The first-order chi connectivity index (χ1) is 9.72. The molecule has 0 spiro atoms. The van der Waals surface area contributed by atoms with Crippen LogP contribution in [0.1, 0.15) is 5.69 Å². The zero-order valence-corrected chi connectivity index (χ0v) is 12.2. The smallest absolute Gasteiger partial charge is 0.235 e. The predicted molar refractivity (Wildman–Crippen MR) is 74.5 cm³/mol. The van der Waals surface area contributed by atoms with Crippen molar-refractivity contribution >= 4 is 27.8 Å². The highest BCUT2D eigenvalue weighted by Gasteiger charge is 2.17. The molecule has 0 amide bonds. The maximum absolute atomic E-state index is 4.57. The van der Waals surface area contributed by atoms with Crippen LogP contribution in [0.2, 0.25) is 0 Å². The van der Waals surface area contributed by atoms with E-state index in [1.54, 1.807) is 15.4 Å². The Hall–Kier alpha value is -2.20. The van der Waals surface area contributed by atoms with Crippen molar-refractivity contribution in [2.24, 2.45) is 7.05 Å². The zero-order valence-electron chi connectivity index (χ0n) is 10.5. The van der Waals surface area contributed by atoms with Gasteiger partial charge >= 0.3 is 0 Å². The molecule has 0 fully saturated rings. The van der Waals surface area contributed by atoms with E-state index in [0.717, 1.165) is 26.1 Å². The second kappa shape index (κ2) is 4.15. The minimum atomic E-state index is 0.686. The fraction of sp³-hybridized carbons (Fsp3) is 0.200. The Bertz CT molecular complexity index is 897. The maximum atomic E-state index is 4.57. The molecule has 20 heavy (non-hydrogen) atoms. The summed E-state index contributed by atoms with van der Waals surface area (Å²) >= 11 is 2.81. The van der Waals surface area contributed by atoms with E-state index in [4.69, 9.17) is 0 Å². The number of hydrogen-bond acceptors (Lipinski definition) is 8. The van der Waals surface area contributed by atoms with Crippen molar-refractivity contribution in [2.45, 2.75) is 6.92 Å². The van der Waals surface area contributed by atoms with Gasteiger partial charge in [-0.3, -0.25) is 4.68 Å². The normalized spacial score (nSPS) is 11.5. The van der Waals surface area contributed by atoms with Crippen LogP contribution in [0.3, 0.4) is 0 Å². The van der Waals surface area contributed by atoms with E-state index in [9.17, 15) is 0 Å². The standard InChI is InChI=1S/C10H8N8S2/c1-5-7(20-16-12-5)9-15-18-8(13-14-10(18)19-9)6-3-11-17(2)4-6/h3-4H,1-2H3. The van der Waals surface area contributed by atoms with Gasteiger partial charge in [-0.05, 0) is 18.5 Å². The monoisotopic (exact) mass is 304 g/mol. The third-order valence-corrected chi connectivity index (χ3v) is 4.68. The summed E-state index contributed by atoms with van der Waals surface area (Å²) in [6, 6.07) is 0. The lowest BCUT2D eigenvalue weighted by Crippen LogP contribution is -1.90. The molecule has 0 aromatic carbocycles. The number of hydrogen-bond donors (Lipinski definition) is 0. The molecule has 4 rings (SSSR count). The van der Waals surface area contributed by atoms with Crippen molar-refractivity contribution in [1.82, 2.24) is 39.2 Å². The molecule has 0 saturated heterocycles. The molecule has 0 N–H and O–H groups in total. The Labute approximate surface area is 120 Å². The van der Waals surface area contributed by atoms with Gasteiger partial charge in [-0.2, -0.15) is 14.7 Å². The second-order valence-corrected chi connectivity index (χ2v) is 5.93. The zero-order chi connectivity index (χ0) is 13.7. The Morgan fingerprint density at radius 3 is 2.80 bits per heavy atom. The summed E-state index contributed by atoms with van der Waals surface area (Å²) in [7, 11) is 1.86. The fourth-order valence-corrected chi connectivity index (χ4v) is 3.46. The van der Waals surface area contributed by atoms with Gasteiger partial charge in [-0.1, -0.05) is 15.8 Å². The Balaban J connectivity index is 1.89. The molecule has 0 saturated carbocycles. The number of rotatable bonds is 2. The second-order valence-electron chi connectivity index (χ2n) is 4.22. The van der Waals surface area contributed by atoms with Crippen LogP contribution in [0.25, 0.3) is 26.2 Å². The average Bonchev–Trinajstić information content (AvgIpc) is 3.11. The fourth-order valence-electron chi connectivity index (χ4n) is 1.85. The van der Waals surface area contributed by atoms with Crippen molar-refractivity contribution in [2.75, 3.05) is 0 Å². The number of aromatic nitrogens is 8. The molecular weight excluding hydrogens is 296 g/mol. The summed E-state index contributed by atoms with van der Waals surface area (Å²) < 4.78 is 7.39. The molecule has 0 unspecified atom stereocenters. The van der Waals surface area contributed by atoms with Crippen molar-refractivity contribution in [3.8, 4) is 21.3 Å². The summed E-state index contributed by atoms with van der Waals surface area (Å²) in [5.41, 5.74) is 1.76. The molecule has 4 heterocycles. The molecule has 100 valence electrons. The van der Waals surface area contributed by atoms with Gasteiger partial charge in [0, 0.05) is 13.2 Å². The van der Waals surface area contributed by atoms with E-state index < -0.39 is 0 Å². The van der Waals surface area contributed by atoms with Gasteiger partial charge in [-0.15, -0.1) is 15.3 Å². The van der Waals surface area contributed by atoms with Crippen molar-refractivity contribution < 1.29 is 0 Å². The van der Waals surface area contributed by atoms with Gasteiger partial charge in [0.05, 0.1) is 17.5 Å². The first-order valence-corrected chi connectivity index (χ1v) is 7.32. The van der Waals surface area contributed by atoms with Crippen LogP contribution in [-0.4, -0.2) is 39.2 Å². The summed E-state index contributed by atoms with van der Waals surface area (Å²) in [4.78, 5) is 1.71. The van der Waals surface area contributed by atoms with Gasteiger partial charge in [0.25, 0.3) is 0 Å². The van der Waals surface area contributed by atoms with E-state index in [-0.39, 0.29) is 0 Å². The van der Waals surface area contributed by atoms with Gasteiger partial charge in [0.1, 0.15) is 4.88 Å². The summed E-state index contributed by atoms with van der Waals surface area (Å²) in [5.74, 6) is 0.686. The van der Waals surface area contributed by atoms with Crippen LogP contribution in [0.15, 0.2) is 12.4 Å². The SMILES string of the molecule is Cc1nnsc1-c1nn2c(-c3cnn(C)c3)nnc2s1. The molecular formula is C10H8N8S2. The molecule has 0 aliphatic rings. The quantitative estimate of drug-likeness (QED) is 0.556. The van der Waals surface area contributed by atoms with E-state index in [1.165, 1.54) is 22.9 Å². The highest BCUT2D eigenvalue weighted by Crippen LogP contribution is 2.31. The van der Waals surface area contributed by atoms with Crippen molar-refractivity contribution in [3.63, 3.8) is 0 Å². The van der Waals surface area contributed by atoms with Crippen LogP contribution in [-0.2, 0) is 7.05 Å². The van der Waals surface area contributed by atoms with Gasteiger partial charge in [0.2, 0.25) is 4.96 Å². The highest BCUT2D eigenvalue weighted by molar-refractivity contribution is 7.23. The largest absolute Gasteiger partial charge is 0.275 e. The first kappa shape index (κ1) is 11.6. The predicted octanol–water partition coefficient (Wildman–Crippen LogP) is 1.41. The van der Waals surface area contributed by atoms with E-state index in [2.05, 4.69) is 30.0 Å². The third-order valence-electron chi connectivity index (χ3n) is 2.80. The molecule has 8 nitrogen and oxygen atoms in total. The summed E-state index contributed by atoms with van der Waals surface area (Å²) in [6.07, 6.45) is 3.63. The topological polar surface area (TPSA) is 86.7 Å². The van der Waals surface area contributed by atoms with Crippen molar-refractivity contribution in [3.05, 3.63) is 18.1 Å². The van der Waals surface area contributed by atoms with E-state index in [1.807, 2.05) is 20.2 Å². The van der Waals surface area contributed by atoms with Crippen LogP contribution in [0.5, 0.6) is 0 Å². The maximum Gasteiger partial charge on any atom is 0.235 e. The average molecular weight is 304 g/mol. The minimum Gasteiger partial charge on any atom is -0.275 e. The number of nitrogens with zero attached hydrogens (tertiary/aromatic N) is 8. The van der Waals surface area contributed by atoms with Crippen LogP contribution in [0.4, 0.5) is 0 Å². The Morgan fingerprint density at radius 1 is 1.20 bits per heavy atom. The van der Waals surface area contributed by atoms with E-state index >= 15 is 0 Å². The lowest BCUT2D eigenvalue weighted by molar-refractivity contribution is 0.768. The molecule has 0 radical (unpaired) electrons. The van der Waals surface area contributed by atoms with Crippen LogP contribution < -0.4 is 0 Å². The molecule has 0 aliphatic carbocycles. The summed E-state index contributed by atoms with van der Waals surface area (Å²) in [5, 5.41) is 21.9. The van der Waals surface area contributed by atoms with Crippen LogP contribution >= 0.6 is 22.9 Å². The van der Waals surface area contributed by atoms with Crippen LogP contribution in [0, 0.1) is 6.92 Å². The molecule has 0 atom stereocenters.